The average Bonchev–Trinajstić information content (AvgIpc) is 2.46. The minimum absolute atomic E-state index is 0.0371. The Morgan fingerprint density at radius 3 is 2.47 bits per heavy atom. The summed E-state index contributed by atoms with van der Waals surface area (Å²) in [6.07, 6.45) is 1.68. The van der Waals surface area contributed by atoms with Gasteiger partial charge in [0, 0.05) is 12.2 Å². The molecule has 82 valence electrons. The monoisotopic (exact) mass is 208 g/mol. The fraction of sp³-hybridized carbons (Fsp3) is 0.545. The lowest BCUT2D eigenvalue weighted by atomic mass is 10.1. The van der Waals surface area contributed by atoms with Crippen LogP contribution in [-0.2, 0) is 4.79 Å². The van der Waals surface area contributed by atoms with Crippen LogP contribution in [0, 0.1) is 6.92 Å². The van der Waals surface area contributed by atoms with Crippen molar-refractivity contribution < 1.29 is 9.59 Å². The van der Waals surface area contributed by atoms with Crippen LogP contribution in [0.25, 0.3) is 0 Å². The molecule has 4 heteroatoms. The fourth-order valence-corrected chi connectivity index (χ4v) is 1.34. The van der Waals surface area contributed by atoms with Crippen LogP contribution in [0.3, 0.4) is 0 Å². The third kappa shape index (κ3) is 2.75. The van der Waals surface area contributed by atoms with Gasteiger partial charge in [0.1, 0.15) is 5.78 Å². The van der Waals surface area contributed by atoms with Crippen molar-refractivity contribution in [1.82, 2.24) is 9.78 Å². The molecule has 0 aliphatic heterocycles. The highest BCUT2D eigenvalue weighted by atomic mass is 16.1. The smallest absolute Gasteiger partial charge is 0.173 e. The summed E-state index contributed by atoms with van der Waals surface area (Å²) in [7, 11) is 0. The molecular formula is C11H16N2O2. The number of aryl methyl sites for hydroxylation is 1. The molecule has 0 saturated carbocycles. The first-order valence-electron chi connectivity index (χ1n) is 5.00. The summed E-state index contributed by atoms with van der Waals surface area (Å²) in [6.45, 7) is 7.18. The number of aromatic nitrogens is 2. The van der Waals surface area contributed by atoms with Crippen LogP contribution in [0.2, 0.25) is 0 Å². The molecule has 1 aromatic heterocycles. The van der Waals surface area contributed by atoms with Crippen molar-refractivity contribution in [3.8, 4) is 0 Å². The van der Waals surface area contributed by atoms with Crippen LogP contribution in [0.4, 0.5) is 0 Å². The van der Waals surface area contributed by atoms with Crippen LogP contribution < -0.4 is 0 Å². The van der Waals surface area contributed by atoms with Gasteiger partial charge in [-0.2, -0.15) is 5.10 Å². The maximum Gasteiger partial charge on any atom is 0.173 e. The van der Waals surface area contributed by atoms with Crippen LogP contribution in [0.15, 0.2) is 6.20 Å². The van der Waals surface area contributed by atoms with E-state index >= 15 is 0 Å². The Balaban J connectivity index is 2.94. The molecule has 0 aliphatic carbocycles. The summed E-state index contributed by atoms with van der Waals surface area (Å²) in [5.41, 5.74) is 1.24. The third-order valence-corrected chi connectivity index (χ3v) is 2.16. The Labute approximate surface area is 89.3 Å². The van der Waals surface area contributed by atoms with Gasteiger partial charge in [-0.15, -0.1) is 0 Å². The van der Waals surface area contributed by atoms with E-state index in [2.05, 4.69) is 5.10 Å². The van der Waals surface area contributed by atoms with Crippen molar-refractivity contribution in [3.05, 3.63) is 17.5 Å². The lowest BCUT2D eigenvalue weighted by molar-refractivity contribution is -0.116. The highest BCUT2D eigenvalue weighted by molar-refractivity contribution is 6.07. The zero-order valence-corrected chi connectivity index (χ0v) is 9.57. The number of hydrogen-bond donors (Lipinski definition) is 0. The Morgan fingerprint density at radius 1 is 1.47 bits per heavy atom. The van der Waals surface area contributed by atoms with E-state index < -0.39 is 0 Å². The summed E-state index contributed by atoms with van der Waals surface area (Å²) in [5, 5.41) is 4.22. The molecule has 1 heterocycles. The molecule has 0 spiro atoms. The van der Waals surface area contributed by atoms with Gasteiger partial charge in [-0.25, -0.2) is 0 Å². The summed E-state index contributed by atoms with van der Waals surface area (Å²) < 4.78 is 1.74. The first-order chi connectivity index (χ1) is 6.91. The molecule has 0 fully saturated rings. The van der Waals surface area contributed by atoms with Gasteiger partial charge in [-0.3, -0.25) is 14.3 Å². The maximum absolute atomic E-state index is 11.6. The lowest BCUT2D eigenvalue weighted by Gasteiger charge is -2.02. The van der Waals surface area contributed by atoms with E-state index in [1.807, 2.05) is 13.8 Å². The maximum atomic E-state index is 11.6. The highest BCUT2D eigenvalue weighted by Gasteiger charge is 2.15. The lowest BCUT2D eigenvalue weighted by Crippen LogP contribution is -2.05. The number of Topliss-reactive ketones (excluding diaryl/α,β-unsaturated/α-hetero) is 2. The third-order valence-electron chi connectivity index (χ3n) is 2.16. The minimum Gasteiger partial charge on any atom is -0.300 e. The van der Waals surface area contributed by atoms with E-state index in [4.69, 9.17) is 0 Å². The zero-order valence-electron chi connectivity index (χ0n) is 9.57. The second-order valence-electron chi connectivity index (χ2n) is 4.00. The zero-order chi connectivity index (χ0) is 11.6. The Hall–Kier alpha value is -1.45. The molecule has 0 aliphatic rings. The van der Waals surface area contributed by atoms with Crippen molar-refractivity contribution in [2.45, 2.75) is 40.2 Å². The van der Waals surface area contributed by atoms with E-state index in [-0.39, 0.29) is 24.0 Å². The number of rotatable bonds is 4. The highest BCUT2D eigenvalue weighted by Crippen LogP contribution is 2.12. The topological polar surface area (TPSA) is 52.0 Å². The molecule has 1 aromatic rings. The molecule has 0 radical (unpaired) electrons. The van der Waals surface area contributed by atoms with Gasteiger partial charge in [0.15, 0.2) is 5.78 Å². The van der Waals surface area contributed by atoms with E-state index in [0.717, 1.165) is 0 Å². The number of ketones is 2. The molecule has 0 atom stereocenters. The molecule has 1 rings (SSSR count). The fourth-order valence-electron chi connectivity index (χ4n) is 1.34. The molecule has 15 heavy (non-hydrogen) atoms. The van der Waals surface area contributed by atoms with Gasteiger partial charge in [0.25, 0.3) is 0 Å². The van der Waals surface area contributed by atoms with E-state index in [0.29, 0.717) is 11.3 Å². The van der Waals surface area contributed by atoms with Gasteiger partial charge >= 0.3 is 0 Å². The second-order valence-corrected chi connectivity index (χ2v) is 4.00. The van der Waals surface area contributed by atoms with Gasteiger partial charge < -0.3 is 0 Å². The van der Waals surface area contributed by atoms with E-state index in [9.17, 15) is 9.59 Å². The molecule has 4 nitrogen and oxygen atoms in total. The van der Waals surface area contributed by atoms with Gasteiger partial charge in [0.2, 0.25) is 0 Å². The standard InChI is InChI=1S/C11H16N2O2/c1-7(2)13-6-10(9(4)12-13)11(15)5-8(3)14/h6-7H,5H2,1-4H3. The number of nitrogens with zero attached hydrogens (tertiary/aromatic N) is 2. The number of carbonyl (C=O) groups excluding carboxylic acids is 2. The van der Waals surface area contributed by atoms with Crippen LogP contribution in [0.5, 0.6) is 0 Å². The molecular weight excluding hydrogens is 192 g/mol. The Bertz CT molecular complexity index is 391. The Morgan fingerprint density at radius 2 is 2.07 bits per heavy atom. The molecule has 0 saturated heterocycles. The van der Waals surface area contributed by atoms with E-state index in [1.54, 1.807) is 17.8 Å². The van der Waals surface area contributed by atoms with Crippen molar-refractivity contribution in [3.63, 3.8) is 0 Å². The van der Waals surface area contributed by atoms with Crippen LogP contribution >= 0.6 is 0 Å². The number of carbonyl (C=O) groups is 2. The Kier molecular flexibility index (Phi) is 3.39. The quantitative estimate of drug-likeness (QED) is 0.561. The van der Waals surface area contributed by atoms with Crippen LogP contribution in [-0.4, -0.2) is 21.3 Å². The predicted molar refractivity (Wildman–Crippen MR) is 57.0 cm³/mol. The molecule has 0 bridgehead atoms. The predicted octanol–water partition coefficient (Wildman–Crippen LogP) is 1.93. The number of hydrogen-bond acceptors (Lipinski definition) is 3. The van der Waals surface area contributed by atoms with Crippen molar-refractivity contribution in [1.29, 1.82) is 0 Å². The van der Waals surface area contributed by atoms with E-state index in [1.165, 1.54) is 6.92 Å². The average molecular weight is 208 g/mol. The van der Waals surface area contributed by atoms with Gasteiger partial charge in [-0.05, 0) is 27.7 Å². The molecule has 0 amide bonds. The van der Waals surface area contributed by atoms with Crippen molar-refractivity contribution in [2.75, 3.05) is 0 Å². The van der Waals surface area contributed by atoms with Crippen molar-refractivity contribution in [2.24, 2.45) is 0 Å². The minimum atomic E-state index is -0.146. The van der Waals surface area contributed by atoms with Crippen LogP contribution in [0.1, 0.15) is 49.3 Å². The second kappa shape index (κ2) is 4.38. The first kappa shape index (κ1) is 11.6. The summed E-state index contributed by atoms with van der Waals surface area (Å²) in [4.78, 5) is 22.5. The molecule has 0 N–H and O–H groups in total. The molecule has 0 unspecified atom stereocenters. The summed E-state index contributed by atoms with van der Waals surface area (Å²) in [5.74, 6) is -0.261. The largest absolute Gasteiger partial charge is 0.300 e. The van der Waals surface area contributed by atoms with Crippen molar-refractivity contribution >= 4 is 11.6 Å². The van der Waals surface area contributed by atoms with Gasteiger partial charge in [-0.1, -0.05) is 0 Å². The summed E-state index contributed by atoms with van der Waals surface area (Å²) in [6, 6.07) is 0.225. The first-order valence-corrected chi connectivity index (χ1v) is 5.00. The summed E-state index contributed by atoms with van der Waals surface area (Å²) >= 11 is 0. The van der Waals surface area contributed by atoms with Gasteiger partial charge in [0.05, 0.1) is 17.7 Å². The normalized spacial score (nSPS) is 10.7. The molecule has 0 aromatic carbocycles. The SMILES string of the molecule is CC(=O)CC(=O)c1cn(C(C)C)nc1C.